The zero-order valence-corrected chi connectivity index (χ0v) is 11.7. The van der Waals surface area contributed by atoms with Gasteiger partial charge in [-0.1, -0.05) is 5.16 Å². The number of hydrogen-bond acceptors (Lipinski definition) is 5. The van der Waals surface area contributed by atoms with Crippen LogP contribution in [0.5, 0.6) is 0 Å². The summed E-state index contributed by atoms with van der Waals surface area (Å²) < 4.78 is 45.1. The van der Waals surface area contributed by atoms with Crippen LogP contribution in [-0.2, 0) is 6.54 Å². The average molecular weight is 323 g/mol. The van der Waals surface area contributed by atoms with E-state index in [1.54, 1.807) is 0 Å². The second-order valence-electron chi connectivity index (χ2n) is 4.42. The SMILES string of the molecule is N=C(N)/C(N)=C/C(=NCc1c(F)ccc(F)c1F)c1ccon1. The number of amidine groups is 1. The number of nitrogens with two attached hydrogens (primary N) is 2. The van der Waals surface area contributed by atoms with Crippen molar-refractivity contribution < 1.29 is 17.7 Å². The average Bonchev–Trinajstić information content (AvgIpc) is 3.03. The van der Waals surface area contributed by atoms with E-state index in [-0.39, 0.29) is 17.1 Å². The molecular formula is C14H12F3N5O. The molecule has 5 N–H and O–H groups in total. The normalized spacial score (nSPS) is 12.5. The van der Waals surface area contributed by atoms with Crippen LogP contribution in [0, 0.1) is 22.9 Å². The van der Waals surface area contributed by atoms with E-state index in [1.165, 1.54) is 18.4 Å². The molecular weight excluding hydrogens is 311 g/mol. The van der Waals surface area contributed by atoms with E-state index in [2.05, 4.69) is 14.7 Å². The molecule has 0 bridgehead atoms. The third-order valence-electron chi connectivity index (χ3n) is 2.85. The summed E-state index contributed by atoms with van der Waals surface area (Å²) in [4.78, 5) is 3.96. The molecule has 0 aliphatic heterocycles. The Morgan fingerprint density at radius 2 is 1.91 bits per heavy atom. The number of halogens is 3. The minimum Gasteiger partial charge on any atom is -0.396 e. The van der Waals surface area contributed by atoms with Gasteiger partial charge in [-0.3, -0.25) is 10.4 Å². The summed E-state index contributed by atoms with van der Waals surface area (Å²) in [5.74, 6) is -3.85. The summed E-state index contributed by atoms with van der Waals surface area (Å²) in [5.41, 5.74) is 10.4. The third kappa shape index (κ3) is 3.76. The molecule has 0 saturated heterocycles. The highest BCUT2D eigenvalue weighted by Gasteiger charge is 2.14. The molecule has 0 amide bonds. The molecule has 0 radical (unpaired) electrons. The van der Waals surface area contributed by atoms with Gasteiger partial charge in [0.25, 0.3) is 0 Å². The van der Waals surface area contributed by atoms with Gasteiger partial charge < -0.3 is 16.0 Å². The van der Waals surface area contributed by atoms with Gasteiger partial charge >= 0.3 is 0 Å². The maximum atomic E-state index is 13.6. The fourth-order valence-corrected chi connectivity index (χ4v) is 1.65. The summed E-state index contributed by atoms with van der Waals surface area (Å²) in [6.45, 7) is -0.501. The molecule has 0 aliphatic rings. The molecule has 0 spiro atoms. The Bertz CT molecular complexity index is 784. The van der Waals surface area contributed by atoms with E-state index in [0.29, 0.717) is 6.07 Å². The molecule has 1 aromatic heterocycles. The number of rotatable bonds is 5. The Morgan fingerprint density at radius 1 is 1.22 bits per heavy atom. The molecule has 120 valence electrons. The second-order valence-corrected chi connectivity index (χ2v) is 4.42. The molecule has 0 unspecified atom stereocenters. The van der Waals surface area contributed by atoms with Crippen LogP contribution >= 0.6 is 0 Å². The number of aromatic nitrogens is 1. The smallest absolute Gasteiger partial charge is 0.166 e. The van der Waals surface area contributed by atoms with Gasteiger partial charge in [-0.25, -0.2) is 13.2 Å². The lowest BCUT2D eigenvalue weighted by Crippen LogP contribution is -2.20. The fourth-order valence-electron chi connectivity index (χ4n) is 1.65. The third-order valence-corrected chi connectivity index (χ3v) is 2.85. The number of nitrogens with zero attached hydrogens (tertiary/aromatic N) is 2. The Labute approximate surface area is 128 Å². The highest BCUT2D eigenvalue weighted by Crippen LogP contribution is 2.17. The van der Waals surface area contributed by atoms with Crippen LogP contribution in [0.25, 0.3) is 0 Å². The lowest BCUT2D eigenvalue weighted by molar-refractivity contribution is 0.418. The zero-order valence-electron chi connectivity index (χ0n) is 11.7. The molecule has 0 saturated carbocycles. The topological polar surface area (TPSA) is 114 Å². The first-order valence-corrected chi connectivity index (χ1v) is 6.29. The standard InChI is InChI=1S/C14H12F3N5O/c15-8-1-2-9(16)13(17)7(8)6-21-12(5-10(18)14(19)20)11-3-4-23-22-11/h1-5H,6,18H2,(H3,19,20)/b10-5-,21-12?. The Hall–Kier alpha value is -3.10. The number of hydrogen-bond donors (Lipinski definition) is 3. The summed E-state index contributed by atoms with van der Waals surface area (Å²) >= 11 is 0. The van der Waals surface area contributed by atoms with E-state index < -0.39 is 35.4 Å². The number of nitrogens with one attached hydrogen (secondary N) is 1. The van der Waals surface area contributed by atoms with Crippen LogP contribution in [0.2, 0.25) is 0 Å². The van der Waals surface area contributed by atoms with Gasteiger partial charge in [0, 0.05) is 11.6 Å². The first-order chi connectivity index (χ1) is 10.9. The monoisotopic (exact) mass is 323 g/mol. The lowest BCUT2D eigenvalue weighted by Gasteiger charge is -2.04. The lowest BCUT2D eigenvalue weighted by atomic mass is 10.1. The van der Waals surface area contributed by atoms with Crippen LogP contribution in [-0.4, -0.2) is 16.7 Å². The summed E-state index contributed by atoms with van der Waals surface area (Å²) in [7, 11) is 0. The van der Waals surface area contributed by atoms with Crippen molar-refractivity contribution in [1.29, 1.82) is 5.41 Å². The first kappa shape index (κ1) is 16.3. The second kappa shape index (κ2) is 6.77. The Morgan fingerprint density at radius 3 is 2.52 bits per heavy atom. The van der Waals surface area contributed by atoms with Gasteiger partial charge in [-0.2, -0.15) is 0 Å². The Kier molecular flexibility index (Phi) is 4.79. The van der Waals surface area contributed by atoms with Crippen molar-refractivity contribution >= 4 is 11.5 Å². The van der Waals surface area contributed by atoms with Crippen LogP contribution in [0.4, 0.5) is 13.2 Å². The van der Waals surface area contributed by atoms with Crippen molar-refractivity contribution in [2.24, 2.45) is 16.5 Å². The fraction of sp³-hybridized carbons (Fsp3) is 0.0714. The van der Waals surface area contributed by atoms with E-state index in [4.69, 9.17) is 16.9 Å². The van der Waals surface area contributed by atoms with Crippen molar-refractivity contribution in [3.63, 3.8) is 0 Å². The van der Waals surface area contributed by atoms with Crippen LogP contribution < -0.4 is 11.5 Å². The van der Waals surface area contributed by atoms with Crippen molar-refractivity contribution in [2.45, 2.75) is 6.54 Å². The number of allylic oxidation sites excluding steroid dienone is 1. The molecule has 1 heterocycles. The van der Waals surface area contributed by atoms with E-state index in [1.807, 2.05) is 0 Å². The molecule has 2 aromatic rings. The molecule has 1 aromatic carbocycles. The molecule has 2 rings (SSSR count). The van der Waals surface area contributed by atoms with Gasteiger partial charge in [0.2, 0.25) is 0 Å². The van der Waals surface area contributed by atoms with Crippen LogP contribution in [0.1, 0.15) is 11.3 Å². The van der Waals surface area contributed by atoms with E-state index >= 15 is 0 Å². The maximum absolute atomic E-state index is 13.6. The van der Waals surface area contributed by atoms with Crippen LogP contribution in [0.15, 0.2) is 45.8 Å². The molecule has 0 aliphatic carbocycles. The predicted octanol–water partition coefficient (Wildman–Crippen LogP) is 1.86. The molecule has 0 atom stereocenters. The first-order valence-electron chi connectivity index (χ1n) is 6.29. The summed E-state index contributed by atoms with van der Waals surface area (Å²) in [6.07, 6.45) is 2.46. The highest BCUT2D eigenvalue weighted by molar-refractivity contribution is 6.11. The van der Waals surface area contributed by atoms with E-state index in [9.17, 15) is 13.2 Å². The molecule has 9 heteroatoms. The van der Waals surface area contributed by atoms with Gasteiger partial charge in [0.1, 0.15) is 23.6 Å². The number of aliphatic imine (C=N–C) groups is 1. The van der Waals surface area contributed by atoms with Gasteiger partial charge in [0.05, 0.1) is 18.0 Å². The molecule has 0 fully saturated rings. The summed E-state index contributed by atoms with van der Waals surface area (Å²) in [5, 5.41) is 10.9. The van der Waals surface area contributed by atoms with Gasteiger partial charge in [-0.05, 0) is 18.2 Å². The predicted molar refractivity (Wildman–Crippen MR) is 77.2 cm³/mol. The van der Waals surface area contributed by atoms with Crippen molar-refractivity contribution in [3.05, 3.63) is 64.9 Å². The molecule has 6 nitrogen and oxygen atoms in total. The molecule has 23 heavy (non-hydrogen) atoms. The van der Waals surface area contributed by atoms with E-state index in [0.717, 1.165) is 6.07 Å². The Balaban J connectivity index is 2.41. The van der Waals surface area contributed by atoms with Gasteiger partial charge in [-0.15, -0.1) is 0 Å². The largest absolute Gasteiger partial charge is 0.396 e. The quantitative estimate of drug-likeness (QED) is 0.442. The number of benzene rings is 1. The van der Waals surface area contributed by atoms with Crippen molar-refractivity contribution in [2.75, 3.05) is 0 Å². The summed E-state index contributed by atoms with van der Waals surface area (Å²) in [6, 6.07) is 2.92. The minimum atomic E-state index is -1.32. The van der Waals surface area contributed by atoms with Crippen molar-refractivity contribution in [1.82, 2.24) is 5.16 Å². The minimum absolute atomic E-state index is 0.0783. The van der Waals surface area contributed by atoms with Crippen molar-refractivity contribution in [3.8, 4) is 0 Å². The zero-order chi connectivity index (χ0) is 17.0. The maximum Gasteiger partial charge on any atom is 0.166 e. The van der Waals surface area contributed by atoms with Gasteiger partial charge in [0.15, 0.2) is 11.6 Å². The highest BCUT2D eigenvalue weighted by atomic mass is 19.2. The van der Waals surface area contributed by atoms with Crippen LogP contribution in [0.3, 0.4) is 0 Å².